The Morgan fingerprint density at radius 3 is 2.05 bits per heavy atom. The van der Waals surface area contributed by atoms with Crippen molar-refractivity contribution in [3.8, 4) is 28.0 Å². The third-order valence-corrected chi connectivity index (χ3v) is 12.2. The fraction of sp³-hybridized carbons (Fsp3) is 0.0943. The van der Waals surface area contributed by atoms with Crippen LogP contribution in [0.4, 0.5) is 17.1 Å². The number of allylic oxidation sites excluding steroid dienone is 2. The van der Waals surface area contributed by atoms with Crippen LogP contribution >= 0.6 is 0 Å². The summed E-state index contributed by atoms with van der Waals surface area (Å²) in [7, 11) is 0. The summed E-state index contributed by atoms with van der Waals surface area (Å²) in [6, 6.07) is 62.2. The third-order valence-electron chi connectivity index (χ3n) is 12.2. The SMILES string of the molecule is CC1(C)c2ccccc2-c2ccc(N(c3ccc(-c4cccc5ccccc45)cc3)c3cc4c(c5ccccc35)OC3C(c5ccccc5)=CC=CC43)cc21. The Hall–Kier alpha value is -6.64. The van der Waals surface area contributed by atoms with Crippen LogP contribution in [0.3, 0.4) is 0 Å². The molecule has 55 heavy (non-hydrogen) atoms. The molecule has 0 amide bonds. The first kappa shape index (κ1) is 31.8. The Kier molecular flexibility index (Phi) is 7.06. The molecule has 0 bridgehead atoms. The number of rotatable bonds is 5. The van der Waals surface area contributed by atoms with Gasteiger partial charge < -0.3 is 9.64 Å². The number of hydrogen-bond acceptors (Lipinski definition) is 2. The summed E-state index contributed by atoms with van der Waals surface area (Å²) in [5.41, 5.74) is 14.7. The maximum Gasteiger partial charge on any atom is 0.135 e. The molecule has 0 saturated carbocycles. The van der Waals surface area contributed by atoms with Gasteiger partial charge in [-0.2, -0.15) is 0 Å². The molecule has 0 aromatic heterocycles. The van der Waals surface area contributed by atoms with E-state index in [-0.39, 0.29) is 17.4 Å². The summed E-state index contributed by atoms with van der Waals surface area (Å²) in [4.78, 5) is 2.47. The highest BCUT2D eigenvalue weighted by molar-refractivity contribution is 6.04. The summed E-state index contributed by atoms with van der Waals surface area (Å²) < 4.78 is 7.02. The first-order valence-corrected chi connectivity index (χ1v) is 19.3. The lowest BCUT2D eigenvalue weighted by molar-refractivity contribution is 0.281. The lowest BCUT2D eigenvalue weighted by Crippen LogP contribution is -2.21. The van der Waals surface area contributed by atoms with E-state index >= 15 is 0 Å². The number of benzene rings is 8. The molecular formula is C53H39NO. The fourth-order valence-electron chi connectivity index (χ4n) is 9.53. The lowest BCUT2D eigenvalue weighted by Gasteiger charge is -2.30. The zero-order valence-electron chi connectivity index (χ0n) is 30.9. The van der Waals surface area contributed by atoms with Gasteiger partial charge in [0.2, 0.25) is 0 Å². The van der Waals surface area contributed by atoms with Gasteiger partial charge in [-0.1, -0.05) is 172 Å². The Bertz CT molecular complexity index is 2870. The molecule has 262 valence electrons. The summed E-state index contributed by atoms with van der Waals surface area (Å²) in [5.74, 6) is 1.09. The molecule has 1 heterocycles. The molecule has 0 saturated heterocycles. The maximum absolute atomic E-state index is 7.02. The van der Waals surface area contributed by atoms with Crippen LogP contribution in [0.1, 0.15) is 42.0 Å². The van der Waals surface area contributed by atoms with Gasteiger partial charge in [0.05, 0.1) is 5.69 Å². The van der Waals surface area contributed by atoms with Crippen molar-refractivity contribution >= 4 is 44.2 Å². The average molecular weight is 706 g/mol. The molecular weight excluding hydrogens is 667 g/mol. The summed E-state index contributed by atoms with van der Waals surface area (Å²) >= 11 is 0. The van der Waals surface area contributed by atoms with Crippen LogP contribution in [-0.2, 0) is 5.41 Å². The van der Waals surface area contributed by atoms with Crippen LogP contribution in [0.2, 0.25) is 0 Å². The second kappa shape index (κ2) is 12.2. The quantitative estimate of drug-likeness (QED) is 0.177. The van der Waals surface area contributed by atoms with E-state index in [0.717, 1.165) is 33.6 Å². The molecule has 8 aromatic rings. The first-order chi connectivity index (χ1) is 27.0. The molecule has 2 heteroatoms. The number of fused-ring (bicyclic) bond motifs is 9. The molecule has 2 nitrogen and oxygen atoms in total. The van der Waals surface area contributed by atoms with E-state index in [1.54, 1.807) is 0 Å². The highest BCUT2D eigenvalue weighted by Gasteiger charge is 2.40. The Morgan fingerprint density at radius 2 is 1.20 bits per heavy atom. The minimum absolute atomic E-state index is 0.0891. The van der Waals surface area contributed by atoms with Crippen LogP contribution in [0.5, 0.6) is 5.75 Å². The average Bonchev–Trinajstić information content (AvgIpc) is 3.73. The summed E-state index contributed by atoms with van der Waals surface area (Å²) in [6.45, 7) is 4.72. The van der Waals surface area contributed by atoms with E-state index in [0.29, 0.717) is 0 Å². The van der Waals surface area contributed by atoms with Crippen LogP contribution in [-0.4, -0.2) is 6.10 Å². The molecule has 3 aliphatic rings. The van der Waals surface area contributed by atoms with Gasteiger partial charge >= 0.3 is 0 Å². The van der Waals surface area contributed by atoms with E-state index in [9.17, 15) is 0 Å². The molecule has 0 radical (unpaired) electrons. The predicted octanol–water partition coefficient (Wildman–Crippen LogP) is 13.9. The van der Waals surface area contributed by atoms with Crippen molar-refractivity contribution in [2.75, 3.05) is 4.90 Å². The molecule has 2 unspecified atom stereocenters. The molecule has 0 N–H and O–H groups in total. The Balaban J connectivity index is 1.11. The van der Waals surface area contributed by atoms with Gasteiger partial charge in [-0.15, -0.1) is 0 Å². The van der Waals surface area contributed by atoms with Crippen molar-refractivity contribution in [2.24, 2.45) is 0 Å². The van der Waals surface area contributed by atoms with E-state index < -0.39 is 0 Å². The Labute approximate surface area is 322 Å². The van der Waals surface area contributed by atoms with Gasteiger partial charge in [0.1, 0.15) is 11.9 Å². The van der Waals surface area contributed by atoms with Crippen molar-refractivity contribution in [3.05, 3.63) is 210 Å². The van der Waals surface area contributed by atoms with Gasteiger partial charge in [-0.25, -0.2) is 0 Å². The van der Waals surface area contributed by atoms with Crippen molar-refractivity contribution < 1.29 is 4.74 Å². The van der Waals surface area contributed by atoms with Gasteiger partial charge in [0, 0.05) is 44.6 Å². The van der Waals surface area contributed by atoms with Crippen molar-refractivity contribution in [2.45, 2.75) is 31.3 Å². The molecule has 0 fully saturated rings. The zero-order chi connectivity index (χ0) is 36.7. The van der Waals surface area contributed by atoms with Crippen LogP contribution in [0.15, 0.2) is 188 Å². The molecule has 8 aromatic carbocycles. The number of anilines is 3. The van der Waals surface area contributed by atoms with Gasteiger partial charge in [-0.3, -0.25) is 0 Å². The highest BCUT2D eigenvalue weighted by Crippen LogP contribution is 2.54. The second-order valence-corrected chi connectivity index (χ2v) is 15.6. The fourth-order valence-corrected chi connectivity index (χ4v) is 9.53. The standard InChI is InChI=1S/C53H39NO/c1-53(2)48-25-11-10-19-42(48)43-31-30-38(32-49(43)53)54(37-28-26-36(27-29-37)40-22-12-17-34-16-6-7-18-39(34)40)50-33-47-46-24-13-23-41(35-14-4-3-5-15-35)51(46)55-52(47)45-21-9-8-20-44(45)50/h3-33,46,51H,1-2H3. The maximum atomic E-state index is 7.02. The van der Waals surface area contributed by atoms with E-state index in [1.807, 2.05) is 0 Å². The van der Waals surface area contributed by atoms with Crippen molar-refractivity contribution in [1.82, 2.24) is 0 Å². The molecule has 2 atom stereocenters. The highest BCUT2D eigenvalue weighted by atomic mass is 16.5. The molecule has 2 aliphatic carbocycles. The van der Waals surface area contributed by atoms with Crippen LogP contribution < -0.4 is 9.64 Å². The topological polar surface area (TPSA) is 12.5 Å². The number of hydrogen-bond donors (Lipinski definition) is 0. The zero-order valence-corrected chi connectivity index (χ0v) is 30.9. The molecule has 1 aliphatic heterocycles. The van der Waals surface area contributed by atoms with Gasteiger partial charge in [0.25, 0.3) is 0 Å². The number of ether oxygens (including phenoxy) is 1. The van der Waals surface area contributed by atoms with E-state index in [2.05, 4.69) is 207 Å². The first-order valence-electron chi connectivity index (χ1n) is 19.3. The number of nitrogens with zero attached hydrogens (tertiary/aromatic N) is 1. The largest absolute Gasteiger partial charge is 0.484 e. The van der Waals surface area contributed by atoms with Crippen molar-refractivity contribution in [3.63, 3.8) is 0 Å². The van der Waals surface area contributed by atoms with E-state index in [4.69, 9.17) is 4.74 Å². The minimum atomic E-state index is -0.125. The van der Waals surface area contributed by atoms with Crippen molar-refractivity contribution in [1.29, 1.82) is 0 Å². The second-order valence-electron chi connectivity index (χ2n) is 15.6. The third kappa shape index (κ3) is 4.88. The van der Waals surface area contributed by atoms with E-state index in [1.165, 1.54) is 60.9 Å². The Morgan fingerprint density at radius 1 is 0.527 bits per heavy atom. The minimum Gasteiger partial charge on any atom is -0.484 e. The smallest absolute Gasteiger partial charge is 0.135 e. The molecule has 11 rings (SSSR count). The predicted molar refractivity (Wildman–Crippen MR) is 230 cm³/mol. The summed E-state index contributed by atoms with van der Waals surface area (Å²) in [5, 5.41) is 4.81. The summed E-state index contributed by atoms with van der Waals surface area (Å²) in [6.07, 6.45) is 6.66. The van der Waals surface area contributed by atoms with Crippen LogP contribution in [0.25, 0.3) is 49.4 Å². The van der Waals surface area contributed by atoms with Gasteiger partial charge in [-0.05, 0) is 80.0 Å². The normalized spacial score (nSPS) is 17.2. The monoisotopic (exact) mass is 705 g/mol. The molecule has 0 spiro atoms. The van der Waals surface area contributed by atoms with Gasteiger partial charge in [0.15, 0.2) is 0 Å². The van der Waals surface area contributed by atoms with Crippen LogP contribution in [0, 0.1) is 0 Å². The lowest BCUT2D eigenvalue weighted by atomic mass is 9.82.